The summed E-state index contributed by atoms with van der Waals surface area (Å²) < 4.78 is 21.0. The summed E-state index contributed by atoms with van der Waals surface area (Å²) in [7, 11) is 0. The fraction of sp³-hybridized carbons (Fsp3) is 0.318. The van der Waals surface area contributed by atoms with E-state index in [2.05, 4.69) is 25.6 Å². The molecule has 0 bridgehead atoms. The molecule has 158 valence electrons. The van der Waals surface area contributed by atoms with Gasteiger partial charge in [-0.3, -0.25) is 4.57 Å². The highest BCUT2D eigenvalue weighted by molar-refractivity contribution is 5.79. The molecule has 0 aliphatic carbocycles. The minimum atomic E-state index is -0.314. The van der Waals surface area contributed by atoms with Gasteiger partial charge in [0.05, 0.1) is 13.1 Å². The zero-order valence-corrected chi connectivity index (χ0v) is 17.5. The molecule has 2 aromatic heterocycles. The molecule has 0 spiro atoms. The zero-order chi connectivity index (χ0) is 21.3. The van der Waals surface area contributed by atoms with Gasteiger partial charge in [0.15, 0.2) is 5.96 Å². The number of nitrogens with one attached hydrogen (secondary N) is 2. The first-order valence-corrected chi connectivity index (χ1v) is 9.95. The molecule has 1 aromatic carbocycles. The SMILES string of the molecule is CCNC(=NCc1ccc(-n2ccnc2C)nc1)NCC(C)Oc1cccc(F)c1. The van der Waals surface area contributed by atoms with Crippen LogP contribution in [0.15, 0.2) is 60.0 Å². The highest BCUT2D eigenvalue weighted by Crippen LogP contribution is 2.13. The van der Waals surface area contributed by atoms with Gasteiger partial charge in [0.25, 0.3) is 0 Å². The first-order chi connectivity index (χ1) is 14.5. The van der Waals surface area contributed by atoms with E-state index >= 15 is 0 Å². The number of imidazole rings is 1. The smallest absolute Gasteiger partial charge is 0.191 e. The molecular formula is C22H27FN6O. The summed E-state index contributed by atoms with van der Waals surface area (Å²) in [5.74, 6) is 2.59. The lowest BCUT2D eigenvalue weighted by Crippen LogP contribution is -2.41. The van der Waals surface area contributed by atoms with Gasteiger partial charge in [0.1, 0.15) is 29.3 Å². The summed E-state index contributed by atoms with van der Waals surface area (Å²) >= 11 is 0. The van der Waals surface area contributed by atoms with Gasteiger partial charge < -0.3 is 15.4 Å². The molecular weight excluding hydrogens is 383 g/mol. The Morgan fingerprint density at radius 1 is 1.23 bits per heavy atom. The zero-order valence-electron chi connectivity index (χ0n) is 17.5. The summed E-state index contributed by atoms with van der Waals surface area (Å²) in [5.41, 5.74) is 0.998. The molecule has 1 atom stereocenters. The Bertz CT molecular complexity index is 970. The van der Waals surface area contributed by atoms with Crippen LogP contribution in [0.4, 0.5) is 4.39 Å². The third-order valence-electron chi connectivity index (χ3n) is 4.34. The van der Waals surface area contributed by atoms with Crippen LogP contribution in [-0.2, 0) is 6.54 Å². The molecule has 0 aliphatic heterocycles. The van der Waals surface area contributed by atoms with E-state index in [1.54, 1.807) is 18.3 Å². The lowest BCUT2D eigenvalue weighted by molar-refractivity contribution is 0.223. The van der Waals surface area contributed by atoms with E-state index in [9.17, 15) is 4.39 Å². The van der Waals surface area contributed by atoms with Gasteiger partial charge in [-0.2, -0.15) is 0 Å². The van der Waals surface area contributed by atoms with Gasteiger partial charge >= 0.3 is 0 Å². The van der Waals surface area contributed by atoms with Crippen LogP contribution in [-0.4, -0.2) is 39.7 Å². The molecule has 3 rings (SSSR count). The Balaban J connectivity index is 1.55. The molecule has 0 aliphatic rings. The lowest BCUT2D eigenvalue weighted by atomic mass is 10.3. The van der Waals surface area contributed by atoms with Crippen LogP contribution in [0, 0.1) is 12.7 Å². The van der Waals surface area contributed by atoms with Gasteiger partial charge in [-0.1, -0.05) is 12.1 Å². The van der Waals surface area contributed by atoms with Gasteiger partial charge in [0, 0.05) is 31.2 Å². The van der Waals surface area contributed by atoms with Crippen LogP contribution >= 0.6 is 0 Å². The molecule has 0 radical (unpaired) electrons. The monoisotopic (exact) mass is 410 g/mol. The molecule has 0 saturated heterocycles. The van der Waals surface area contributed by atoms with Crippen molar-refractivity contribution in [3.05, 3.63) is 72.2 Å². The number of pyridine rings is 1. The molecule has 3 aromatic rings. The fourth-order valence-electron chi connectivity index (χ4n) is 2.84. The van der Waals surface area contributed by atoms with Gasteiger partial charge in [0.2, 0.25) is 0 Å². The molecule has 7 nitrogen and oxygen atoms in total. The molecule has 8 heteroatoms. The fourth-order valence-corrected chi connectivity index (χ4v) is 2.84. The predicted molar refractivity (Wildman–Crippen MR) is 115 cm³/mol. The van der Waals surface area contributed by atoms with E-state index in [-0.39, 0.29) is 11.9 Å². The average Bonchev–Trinajstić information content (AvgIpc) is 3.16. The van der Waals surface area contributed by atoms with Gasteiger partial charge in [-0.05, 0) is 44.5 Å². The molecule has 1 unspecified atom stereocenters. The van der Waals surface area contributed by atoms with Crippen LogP contribution in [0.3, 0.4) is 0 Å². The van der Waals surface area contributed by atoms with E-state index in [1.807, 2.05) is 49.9 Å². The van der Waals surface area contributed by atoms with Crippen molar-refractivity contribution in [2.75, 3.05) is 13.1 Å². The van der Waals surface area contributed by atoms with Crippen LogP contribution in [0.25, 0.3) is 5.82 Å². The van der Waals surface area contributed by atoms with Crippen LogP contribution in [0.2, 0.25) is 0 Å². The number of rotatable bonds is 8. The molecule has 2 heterocycles. The first-order valence-electron chi connectivity index (χ1n) is 9.95. The number of aromatic nitrogens is 3. The number of hydrogen-bond acceptors (Lipinski definition) is 4. The Morgan fingerprint density at radius 3 is 2.77 bits per heavy atom. The Labute approximate surface area is 176 Å². The van der Waals surface area contributed by atoms with Crippen LogP contribution in [0.1, 0.15) is 25.2 Å². The number of aryl methyl sites for hydroxylation is 1. The van der Waals surface area contributed by atoms with Crippen molar-refractivity contribution in [3.8, 4) is 11.6 Å². The number of aliphatic imine (C=N–C) groups is 1. The van der Waals surface area contributed by atoms with E-state index in [0.717, 1.165) is 23.8 Å². The Morgan fingerprint density at radius 2 is 2.10 bits per heavy atom. The van der Waals surface area contributed by atoms with Gasteiger partial charge in [-0.25, -0.2) is 19.4 Å². The van der Waals surface area contributed by atoms with E-state index in [0.29, 0.717) is 24.8 Å². The quantitative estimate of drug-likeness (QED) is 0.440. The topological polar surface area (TPSA) is 76.4 Å². The number of guanidine groups is 1. The van der Waals surface area contributed by atoms with Crippen molar-refractivity contribution in [1.82, 2.24) is 25.2 Å². The summed E-state index contributed by atoms with van der Waals surface area (Å²) in [5, 5.41) is 6.47. The maximum Gasteiger partial charge on any atom is 0.191 e. The number of halogens is 1. The van der Waals surface area contributed by atoms with E-state index in [4.69, 9.17) is 4.74 Å². The van der Waals surface area contributed by atoms with Crippen molar-refractivity contribution in [2.45, 2.75) is 33.4 Å². The normalized spacial score (nSPS) is 12.5. The minimum Gasteiger partial charge on any atom is -0.489 e. The molecule has 30 heavy (non-hydrogen) atoms. The maximum atomic E-state index is 13.3. The first kappa shape index (κ1) is 21.3. The average molecular weight is 410 g/mol. The molecule has 0 fully saturated rings. The van der Waals surface area contributed by atoms with Crippen molar-refractivity contribution in [1.29, 1.82) is 0 Å². The largest absolute Gasteiger partial charge is 0.489 e. The second-order valence-electron chi connectivity index (χ2n) is 6.83. The lowest BCUT2D eigenvalue weighted by Gasteiger charge is -2.17. The minimum absolute atomic E-state index is 0.157. The number of nitrogens with zero attached hydrogens (tertiary/aromatic N) is 4. The summed E-state index contributed by atoms with van der Waals surface area (Å²) in [6, 6.07) is 10.1. The second kappa shape index (κ2) is 10.4. The highest BCUT2D eigenvalue weighted by atomic mass is 19.1. The number of benzene rings is 1. The van der Waals surface area contributed by atoms with Crippen molar-refractivity contribution < 1.29 is 9.13 Å². The van der Waals surface area contributed by atoms with E-state index < -0.39 is 0 Å². The Kier molecular flexibility index (Phi) is 7.37. The predicted octanol–water partition coefficient (Wildman–Crippen LogP) is 3.24. The van der Waals surface area contributed by atoms with E-state index in [1.165, 1.54) is 12.1 Å². The Hall–Kier alpha value is -3.42. The van der Waals surface area contributed by atoms with Gasteiger partial charge in [-0.15, -0.1) is 0 Å². The standard InChI is InChI=1S/C22H27FN6O/c1-4-24-22(27-13-16(2)30-20-7-5-6-19(23)12-20)28-15-18-8-9-21(26-14-18)29-11-10-25-17(29)3/h5-12,14,16H,4,13,15H2,1-3H3,(H2,24,27,28). The number of ether oxygens (including phenoxy) is 1. The van der Waals surface area contributed by atoms with Crippen molar-refractivity contribution in [3.63, 3.8) is 0 Å². The summed E-state index contributed by atoms with van der Waals surface area (Å²) in [6.07, 6.45) is 5.30. The third kappa shape index (κ3) is 6.04. The number of hydrogen-bond donors (Lipinski definition) is 2. The van der Waals surface area contributed by atoms with Crippen molar-refractivity contribution >= 4 is 5.96 Å². The maximum absolute atomic E-state index is 13.3. The van der Waals surface area contributed by atoms with Crippen molar-refractivity contribution in [2.24, 2.45) is 4.99 Å². The van der Waals surface area contributed by atoms with Crippen LogP contribution in [0.5, 0.6) is 5.75 Å². The summed E-state index contributed by atoms with van der Waals surface area (Å²) in [6.45, 7) is 7.62. The molecule has 0 saturated carbocycles. The summed E-state index contributed by atoms with van der Waals surface area (Å²) in [4.78, 5) is 13.3. The highest BCUT2D eigenvalue weighted by Gasteiger charge is 2.07. The van der Waals surface area contributed by atoms with Crippen LogP contribution < -0.4 is 15.4 Å². The third-order valence-corrected chi connectivity index (χ3v) is 4.34. The second-order valence-corrected chi connectivity index (χ2v) is 6.83. The molecule has 0 amide bonds. The molecule has 2 N–H and O–H groups in total.